The molecule has 6 nitrogen and oxygen atoms in total. The molecule has 1 saturated carbocycles. The van der Waals surface area contributed by atoms with Gasteiger partial charge in [0.1, 0.15) is 5.75 Å². The number of ether oxygens (including phenoxy) is 1. The van der Waals surface area contributed by atoms with Crippen LogP contribution in [-0.4, -0.2) is 64.6 Å². The van der Waals surface area contributed by atoms with Gasteiger partial charge >= 0.3 is 0 Å². The molecular formula is C27H41N3O3S. The molecule has 3 N–H and O–H groups in total. The summed E-state index contributed by atoms with van der Waals surface area (Å²) in [6.07, 6.45) is 11.7. The summed E-state index contributed by atoms with van der Waals surface area (Å²) in [5, 5.41) is 22.0. The highest BCUT2D eigenvalue weighted by Gasteiger charge is 2.29. The van der Waals surface area contributed by atoms with E-state index in [4.69, 9.17) is 4.74 Å². The molecule has 1 aliphatic carbocycles. The lowest BCUT2D eigenvalue weighted by Crippen LogP contribution is -2.43. The fraction of sp³-hybridized carbons (Fsp3) is 0.667. The van der Waals surface area contributed by atoms with E-state index in [1.165, 1.54) is 37.9 Å². The molecule has 2 heterocycles. The zero-order valence-electron chi connectivity index (χ0n) is 20.5. The first kappa shape index (κ1) is 25.7. The number of aliphatic hydroxyl groups excluding tert-OH is 1. The highest BCUT2D eigenvalue weighted by atomic mass is 32.2. The minimum atomic E-state index is -0.179. The Labute approximate surface area is 208 Å². The van der Waals surface area contributed by atoms with Crippen molar-refractivity contribution >= 4 is 22.7 Å². The predicted octanol–water partition coefficient (Wildman–Crippen LogP) is 5.04. The number of methoxy groups -OCH3 is 1. The molecule has 2 aromatic rings. The highest BCUT2D eigenvalue weighted by molar-refractivity contribution is 7.99. The van der Waals surface area contributed by atoms with Crippen molar-refractivity contribution in [3.8, 4) is 5.75 Å². The van der Waals surface area contributed by atoms with Crippen LogP contribution in [0.2, 0.25) is 0 Å². The lowest BCUT2D eigenvalue weighted by Gasteiger charge is -2.38. The third kappa shape index (κ3) is 6.64. The summed E-state index contributed by atoms with van der Waals surface area (Å²) in [7, 11) is 1.66. The second-order valence-corrected chi connectivity index (χ2v) is 11.4. The number of hydroxylamine groups is 1. The molecule has 0 radical (unpaired) electrons. The first-order valence-electron chi connectivity index (χ1n) is 13.0. The maximum absolute atomic E-state index is 10.1. The third-order valence-corrected chi connectivity index (χ3v) is 9.22. The van der Waals surface area contributed by atoms with Crippen LogP contribution in [0.15, 0.2) is 30.5 Å². The molecule has 0 unspecified atom stereocenters. The van der Waals surface area contributed by atoms with Crippen molar-refractivity contribution in [2.75, 3.05) is 39.1 Å². The Morgan fingerprint density at radius 1 is 1.18 bits per heavy atom. The van der Waals surface area contributed by atoms with Crippen LogP contribution in [0.25, 0.3) is 10.9 Å². The second-order valence-electron chi connectivity index (χ2n) is 9.97. The van der Waals surface area contributed by atoms with Crippen molar-refractivity contribution in [2.45, 2.75) is 62.7 Å². The molecular weight excluding hydrogens is 446 g/mol. The Kier molecular flexibility index (Phi) is 9.88. The average molecular weight is 488 g/mol. The van der Waals surface area contributed by atoms with Crippen LogP contribution in [0.1, 0.15) is 63.0 Å². The molecule has 7 heteroatoms. The van der Waals surface area contributed by atoms with Gasteiger partial charge in [-0.2, -0.15) is 17.2 Å². The summed E-state index contributed by atoms with van der Waals surface area (Å²) in [5.74, 6) is 2.78. The molecule has 188 valence electrons. The first-order chi connectivity index (χ1) is 16.7. The highest BCUT2D eigenvalue weighted by Crippen LogP contribution is 2.34. The number of nitrogens with zero attached hydrogens (tertiary/aromatic N) is 2. The summed E-state index contributed by atoms with van der Waals surface area (Å²) < 4.78 is 5.40. The SMILES string of the molecule is COc1ccc2nccc([C@H](CC[C@@H]3CCN(CCSC4CCCCC4)C[C@@H]3CO)NO)c2c1. The van der Waals surface area contributed by atoms with Crippen molar-refractivity contribution in [1.29, 1.82) is 0 Å². The van der Waals surface area contributed by atoms with Crippen LogP contribution in [-0.2, 0) is 0 Å². The van der Waals surface area contributed by atoms with Crippen LogP contribution >= 0.6 is 11.8 Å². The standard InChI is InChI=1S/C27H41N3O3S/c1-33-22-8-10-26-25(17-22)24(11-13-28-26)27(29-32)9-7-20-12-14-30(18-21(20)19-31)15-16-34-23-5-3-2-4-6-23/h8,10-11,13,17,20-21,23,27,29,31-32H,2-7,9,12,14-16,18-19H2,1H3/t20-,21-,27+/m1/s1. The topological polar surface area (TPSA) is 77.9 Å². The van der Waals surface area contributed by atoms with Gasteiger partial charge in [0, 0.05) is 42.3 Å². The van der Waals surface area contributed by atoms with Crippen LogP contribution in [0.5, 0.6) is 5.75 Å². The van der Waals surface area contributed by atoms with E-state index in [9.17, 15) is 10.3 Å². The van der Waals surface area contributed by atoms with E-state index in [1.807, 2.05) is 24.3 Å². The van der Waals surface area contributed by atoms with Crippen LogP contribution in [0.4, 0.5) is 0 Å². The molecule has 4 rings (SSSR count). The van der Waals surface area contributed by atoms with Crippen LogP contribution in [0, 0.1) is 11.8 Å². The molecule has 34 heavy (non-hydrogen) atoms. The number of hydrogen-bond acceptors (Lipinski definition) is 7. The summed E-state index contributed by atoms with van der Waals surface area (Å²) in [4.78, 5) is 7.02. The van der Waals surface area contributed by atoms with E-state index in [-0.39, 0.29) is 12.6 Å². The molecule has 0 bridgehead atoms. The van der Waals surface area contributed by atoms with Crippen LogP contribution < -0.4 is 10.2 Å². The van der Waals surface area contributed by atoms with Crippen molar-refractivity contribution in [1.82, 2.24) is 15.4 Å². The molecule has 2 aliphatic rings. The van der Waals surface area contributed by atoms with Crippen LogP contribution in [0.3, 0.4) is 0 Å². The molecule has 1 aromatic heterocycles. The summed E-state index contributed by atoms with van der Waals surface area (Å²) in [6.45, 7) is 3.47. The number of aromatic nitrogens is 1. The number of aliphatic hydroxyl groups is 1. The van der Waals surface area contributed by atoms with Gasteiger partial charge < -0.3 is 20.0 Å². The fourth-order valence-electron chi connectivity index (χ4n) is 5.77. The van der Waals surface area contributed by atoms with Gasteiger partial charge in [0.2, 0.25) is 0 Å². The van der Waals surface area contributed by atoms with Gasteiger partial charge in [-0.25, -0.2) is 0 Å². The van der Waals surface area contributed by atoms with E-state index in [2.05, 4.69) is 27.1 Å². The van der Waals surface area contributed by atoms with Gasteiger partial charge in [-0.3, -0.25) is 4.98 Å². The smallest absolute Gasteiger partial charge is 0.119 e. The number of piperidine rings is 1. The van der Waals surface area contributed by atoms with E-state index in [0.29, 0.717) is 11.8 Å². The maximum atomic E-state index is 10.1. The number of pyridine rings is 1. The molecule has 0 spiro atoms. The summed E-state index contributed by atoms with van der Waals surface area (Å²) in [6, 6.07) is 7.65. The number of likely N-dealkylation sites (tertiary alicyclic amines) is 1. The third-order valence-electron chi connectivity index (χ3n) is 7.86. The molecule has 1 saturated heterocycles. The average Bonchev–Trinajstić information content (AvgIpc) is 2.89. The minimum Gasteiger partial charge on any atom is -0.497 e. The molecule has 3 atom stereocenters. The molecule has 2 fully saturated rings. The number of rotatable bonds is 11. The Morgan fingerprint density at radius 3 is 2.79 bits per heavy atom. The fourth-order valence-corrected chi connectivity index (χ4v) is 7.14. The lowest BCUT2D eigenvalue weighted by atomic mass is 9.81. The van der Waals surface area contributed by atoms with Gasteiger partial charge in [0.15, 0.2) is 0 Å². The van der Waals surface area contributed by atoms with E-state index >= 15 is 0 Å². The monoisotopic (exact) mass is 487 g/mol. The minimum absolute atomic E-state index is 0.179. The van der Waals surface area contributed by atoms with E-state index < -0.39 is 0 Å². The Morgan fingerprint density at radius 2 is 2.03 bits per heavy atom. The van der Waals surface area contributed by atoms with Gasteiger partial charge in [-0.1, -0.05) is 19.3 Å². The largest absolute Gasteiger partial charge is 0.497 e. The number of hydrogen-bond donors (Lipinski definition) is 3. The molecule has 1 aliphatic heterocycles. The maximum Gasteiger partial charge on any atom is 0.119 e. The lowest BCUT2D eigenvalue weighted by molar-refractivity contribution is 0.0626. The zero-order valence-corrected chi connectivity index (χ0v) is 21.3. The van der Waals surface area contributed by atoms with Crippen molar-refractivity contribution < 1.29 is 15.1 Å². The number of benzene rings is 1. The van der Waals surface area contributed by atoms with Crippen molar-refractivity contribution in [3.05, 3.63) is 36.0 Å². The number of thioether (sulfide) groups is 1. The van der Waals surface area contributed by atoms with Gasteiger partial charge in [-0.05, 0) is 80.3 Å². The second kappa shape index (κ2) is 13.1. The quantitative estimate of drug-likeness (QED) is 0.383. The van der Waals surface area contributed by atoms with Crippen molar-refractivity contribution in [3.63, 3.8) is 0 Å². The van der Waals surface area contributed by atoms with E-state index in [1.54, 1.807) is 13.3 Å². The Balaban J connectivity index is 1.30. The predicted molar refractivity (Wildman–Crippen MR) is 140 cm³/mol. The normalized spacial score (nSPS) is 23.3. The van der Waals surface area contributed by atoms with Gasteiger partial charge in [0.25, 0.3) is 0 Å². The zero-order chi connectivity index (χ0) is 23.8. The van der Waals surface area contributed by atoms with Gasteiger partial charge in [0.05, 0.1) is 18.7 Å². The number of fused-ring (bicyclic) bond motifs is 1. The van der Waals surface area contributed by atoms with Crippen molar-refractivity contribution in [2.24, 2.45) is 11.8 Å². The Bertz CT molecular complexity index is 893. The number of nitrogens with one attached hydrogen (secondary N) is 1. The first-order valence-corrected chi connectivity index (χ1v) is 14.0. The van der Waals surface area contributed by atoms with E-state index in [0.717, 1.165) is 66.4 Å². The molecule has 1 aromatic carbocycles. The summed E-state index contributed by atoms with van der Waals surface area (Å²) >= 11 is 2.16. The summed E-state index contributed by atoms with van der Waals surface area (Å²) in [5.41, 5.74) is 4.47. The van der Waals surface area contributed by atoms with Gasteiger partial charge in [-0.15, -0.1) is 0 Å². The Hall–Kier alpha value is -1.38. The molecule has 0 amide bonds.